The van der Waals surface area contributed by atoms with E-state index in [9.17, 15) is 9.18 Å². The Balaban J connectivity index is 2.20. The van der Waals surface area contributed by atoms with Gasteiger partial charge in [-0.05, 0) is 31.0 Å². The summed E-state index contributed by atoms with van der Waals surface area (Å²) in [4.78, 5) is 12.5. The van der Waals surface area contributed by atoms with E-state index in [1.165, 1.54) is 18.2 Å². The van der Waals surface area contributed by atoms with E-state index in [2.05, 4.69) is 5.32 Å². The van der Waals surface area contributed by atoms with Crippen LogP contribution in [0.2, 0.25) is 5.02 Å². The van der Waals surface area contributed by atoms with E-state index < -0.39 is 11.4 Å². The van der Waals surface area contributed by atoms with Crippen molar-refractivity contribution >= 4 is 34.7 Å². The van der Waals surface area contributed by atoms with E-state index in [0.717, 1.165) is 25.7 Å². The third-order valence-electron chi connectivity index (χ3n) is 3.46. The average Bonchev–Trinajstić information content (AvgIpc) is 2.82. The van der Waals surface area contributed by atoms with Gasteiger partial charge in [-0.3, -0.25) is 4.79 Å². The van der Waals surface area contributed by atoms with Gasteiger partial charge in [0.15, 0.2) is 0 Å². The molecule has 0 atom stereocenters. The van der Waals surface area contributed by atoms with Gasteiger partial charge in [-0.25, -0.2) is 4.39 Å². The number of nitrogens with two attached hydrogens (primary N) is 1. The summed E-state index contributed by atoms with van der Waals surface area (Å²) >= 11 is 10.7. The van der Waals surface area contributed by atoms with Gasteiger partial charge in [0.1, 0.15) is 5.82 Å². The van der Waals surface area contributed by atoms with Crippen molar-refractivity contribution in [3.63, 3.8) is 0 Å². The first-order chi connectivity index (χ1) is 8.94. The number of hydrogen-bond donors (Lipinski definition) is 2. The maximum atomic E-state index is 13.1. The van der Waals surface area contributed by atoms with Crippen LogP contribution < -0.4 is 11.1 Å². The fourth-order valence-electron chi connectivity index (χ4n) is 2.34. The quantitative estimate of drug-likeness (QED) is 0.844. The van der Waals surface area contributed by atoms with E-state index in [4.69, 9.17) is 29.6 Å². The highest BCUT2D eigenvalue weighted by Gasteiger charge is 2.38. The summed E-state index contributed by atoms with van der Waals surface area (Å²) in [6.07, 6.45) is 3.43. The number of benzene rings is 1. The molecule has 0 radical (unpaired) electrons. The second-order valence-electron chi connectivity index (χ2n) is 4.74. The molecule has 0 bridgehead atoms. The smallest absolute Gasteiger partial charge is 0.252 e. The first-order valence-electron chi connectivity index (χ1n) is 6.02. The molecule has 0 aromatic heterocycles. The predicted octanol–water partition coefficient (Wildman–Crippen LogP) is 2.81. The first kappa shape index (κ1) is 14.2. The van der Waals surface area contributed by atoms with Crippen LogP contribution >= 0.6 is 23.8 Å². The van der Waals surface area contributed by atoms with Crippen LogP contribution in [0.5, 0.6) is 0 Å². The van der Waals surface area contributed by atoms with Crippen LogP contribution in [0.1, 0.15) is 36.0 Å². The van der Waals surface area contributed by atoms with Crippen molar-refractivity contribution in [2.75, 3.05) is 0 Å². The average molecular weight is 301 g/mol. The van der Waals surface area contributed by atoms with Crippen LogP contribution in [0, 0.1) is 5.82 Å². The molecule has 1 fully saturated rings. The number of halogens is 2. The summed E-state index contributed by atoms with van der Waals surface area (Å²) in [5.74, 6) is -0.889. The van der Waals surface area contributed by atoms with Gasteiger partial charge in [0.25, 0.3) is 5.91 Å². The standard InChI is InChI=1S/C13H14ClFN2OS/c14-9-7-8(3-4-10(9)15)11(18)17-13(12(16)19)5-1-2-6-13/h3-4,7H,1-2,5-6H2,(H2,16,19)(H,17,18). The Kier molecular flexibility index (Phi) is 4.06. The van der Waals surface area contributed by atoms with Crippen molar-refractivity contribution in [1.82, 2.24) is 5.32 Å². The minimum atomic E-state index is -0.618. The first-order valence-corrected chi connectivity index (χ1v) is 6.81. The highest BCUT2D eigenvalue weighted by atomic mass is 35.5. The molecule has 19 heavy (non-hydrogen) atoms. The number of nitrogens with one attached hydrogen (secondary N) is 1. The van der Waals surface area contributed by atoms with Gasteiger partial charge in [-0.2, -0.15) is 0 Å². The summed E-state index contributed by atoms with van der Waals surface area (Å²) in [5, 5.41) is 2.79. The summed E-state index contributed by atoms with van der Waals surface area (Å²) in [6, 6.07) is 3.85. The van der Waals surface area contributed by atoms with Gasteiger partial charge in [-0.15, -0.1) is 0 Å². The molecule has 1 aromatic rings. The van der Waals surface area contributed by atoms with Crippen molar-refractivity contribution in [2.24, 2.45) is 5.73 Å². The van der Waals surface area contributed by atoms with E-state index in [1.54, 1.807) is 0 Å². The van der Waals surface area contributed by atoms with Crippen molar-refractivity contribution in [2.45, 2.75) is 31.2 Å². The molecule has 1 aromatic carbocycles. The number of carbonyl (C=O) groups is 1. The fourth-order valence-corrected chi connectivity index (χ4v) is 2.77. The third-order valence-corrected chi connectivity index (χ3v) is 4.14. The van der Waals surface area contributed by atoms with Crippen molar-refractivity contribution in [3.8, 4) is 0 Å². The molecule has 1 saturated carbocycles. The van der Waals surface area contributed by atoms with Crippen LogP contribution in [-0.2, 0) is 0 Å². The molecule has 0 spiro atoms. The maximum absolute atomic E-state index is 13.1. The molecule has 6 heteroatoms. The zero-order valence-corrected chi connectivity index (χ0v) is 11.8. The lowest BCUT2D eigenvalue weighted by molar-refractivity contribution is 0.0924. The van der Waals surface area contributed by atoms with Gasteiger partial charge >= 0.3 is 0 Å². The van der Waals surface area contributed by atoms with Gasteiger partial charge in [-0.1, -0.05) is 36.7 Å². The number of amides is 1. The molecular formula is C13H14ClFN2OS. The molecule has 102 valence electrons. The molecule has 1 aliphatic carbocycles. The SMILES string of the molecule is NC(=S)C1(NC(=O)c2ccc(F)c(Cl)c2)CCCC1. The van der Waals surface area contributed by atoms with Gasteiger partial charge in [0.05, 0.1) is 15.6 Å². The molecule has 2 rings (SSSR count). The van der Waals surface area contributed by atoms with Crippen LogP contribution in [-0.4, -0.2) is 16.4 Å². The van der Waals surface area contributed by atoms with E-state index in [-0.39, 0.29) is 10.9 Å². The second kappa shape index (κ2) is 5.43. The normalized spacial score (nSPS) is 17.2. The van der Waals surface area contributed by atoms with Crippen LogP contribution in [0.25, 0.3) is 0 Å². The van der Waals surface area contributed by atoms with Crippen LogP contribution in [0.4, 0.5) is 4.39 Å². The Morgan fingerprint density at radius 3 is 2.58 bits per heavy atom. The minimum absolute atomic E-state index is 0.0801. The highest BCUT2D eigenvalue weighted by Crippen LogP contribution is 2.30. The zero-order valence-electron chi connectivity index (χ0n) is 10.2. The molecule has 1 aliphatic rings. The number of hydrogen-bond acceptors (Lipinski definition) is 2. The molecule has 3 nitrogen and oxygen atoms in total. The molecule has 0 aliphatic heterocycles. The van der Waals surface area contributed by atoms with Crippen molar-refractivity contribution in [3.05, 3.63) is 34.6 Å². The second-order valence-corrected chi connectivity index (χ2v) is 5.58. The van der Waals surface area contributed by atoms with Crippen LogP contribution in [0.3, 0.4) is 0 Å². The predicted molar refractivity (Wildman–Crippen MR) is 76.9 cm³/mol. The van der Waals surface area contributed by atoms with Gasteiger partial charge in [0, 0.05) is 5.56 Å². The minimum Gasteiger partial charge on any atom is -0.391 e. The van der Waals surface area contributed by atoms with E-state index in [0.29, 0.717) is 10.6 Å². The summed E-state index contributed by atoms with van der Waals surface area (Å²) < 4.78 is 13.1. The summed E-state index contributed by atoms with van der Waals surface area (Å²) in [6.45, 7) is 0. The Bertz CT molecular complexity index is 529. The number of carbonyl (C=O) groups excluding carboxylic acids is 1. The molecule has 0 heterocycles. The molecule has 0 saturated heterocycles. The molecule has 1 amide bonds. The summed E-state index contributed by atoms with van der Waals surface area (Å²) in [5.41, 5.74) is 5.43. The highest BCUT2D eigenvalue weighted by molar-refractivity contribution is 7.80. The van der Waals surface area contributed by atoms with E-state index in [1.807, 2.05) is 0 Å². The molecule has 3 N–H and O–H groups in total. The Morgan fingerprint density at radius 1 is 1.42 bits per heavy atom. The maximum Gasteiger partial charge on any atom is 0.252 e. The monoisotopic (exact) mass is 300 g/mol. The third kappa shape index (κ3) is 2.87. The lowest BCUT2D eigenvalue weighted by Gasteiger charge is -2.29. The Morgan fingerprint density at radius 2 is 2.05 bits per heavy atom. The topological polar surface area (TPSA) is 55.1 Å². The summed E-state index contributed by atoms with van der Waals surface area (Å²) in [7, 11) is 0. The largest absolute Gasteiger partial charge is 0.391 e. The lowest BCUT2D eigenvalue weighted by Crippen LogP contribution is -2.54. The van der Waals surface area contributed by atoms with Gasteiger partial charge in [0.2, 0.25) is 0 Å². The van der Waals surface area contributed by atoms with Gasteiger partial charge < -0.3 is 11.1 Å². The Labute approximate surface area is 121 Å². The lowest BCUT2D eigenvalue weighted by atomic mass is 9.97. The molecule has 0 unspecified atom stereocenters. The molecular weight excluding hydrogens is 287 g/mol. The Hall–Kier alpha value is -1.20. The zero-order chi connectivity index (χ0) is 14.0. The van der Waals surface area contributed by atoms with E-state index >= 15 is 0 Å². The van der Waals surface area contributed by atoms with Crippen LogP contribution in [0.15, 0.2) is 18.2 Å². The number of thiocarbonyl (C=S) groups is 1. The fraction of sp³-hybridized carbons (Fsp3) is 0.385. The van der Waals surface area contributed by atoms with Crippen molar-refractivity contribution < 1.29 is 9.18 Å². The van der Waals surface area contributed by atoms with Crippen molar-refractivity contribution in [1.29, 1.82) is 0 Å². The number of rotatable bonds is 3.